The summed E-state index contributed by atoms with van der Waals surface area (Å²) in [5, 5.41) is 27.4. The normalized spacial score (nSPS) is 24.6. The van der Waals surface area contributed by atoms with Crippen LogP contribution in [0.25, 0.3) is 0 Å². The van der Waals surface area contributed by atoms with E-state index in [1.165, 1.54) is 12.4 Å². The lowest BCUT2D eigenvalue weighted by Crippen LogP contribution is -2.54. The quantitative estimate of drug-likeness (QED) is 0.604. The third kappa shape index (κ3) is 6.61. The minimum Gasteiger partial charge on any atom is -0.395 e. The van der Waals surface area contributed by atoms with E-state index in [4.69, 9.17) is 10.8 Å². The number of nitrogens with zero attached hydrogens (tertiary/aromatic N) is 3. The molecule has 0 aromatic carbocycles. The smallest absolute Gasteiger partial charge is 0.142 e. The lowest BCUT2D eigenvalue weighted by molar-refractivity contribution is -0.0818. The zero-order valence-electron chi connectivity index (χ0n) is 13.4. The Morgan fingerprint density at radius 1 is 1.36 bits per heavy atom. The fourth-order valence-electron chi connectivity index (χ4n) is 1.92. The number of anilines is 1. The molecule has 22 heavy (non-hydrogen) atoms. The number of alkyl halides is 1. The topological polar surface area (TPSA) is 116 Å². The second-order valence-corrected chi connectivity index (χ2v) is 4.65. The Balaban J connectivity index is 0.000000366. The summed E-state index contributed by atoms with van der Waals surface area (Å²) < 4.78 is 11.7. The summed E-state index contributed by atoms with van der Waals surface area (Å²) in [6, 6.07) is -0.307. The highest BCUT2D eigenvalue weighted by atomic mass is 19.1. The Morgan fingerprint density at radius 2 is 2.00 bits per heavy atom. The van der Waals surface area contributed by atoms with Crippen LogP contribution in [0.5, 0.6) is 0 Å². The highest BCUT2D eigenvalue weighted by molar-refractivity contribution is 5.23. The molecule has 1 aromatic heterocycles. The summed E-state index contributed by atoms with van der Waals surface area (Å²) in [6.45, 7) is 4.01. The summed E-state index contributed by atoms with van der Waals surface area (Å²) in [5.74, 6) is 0.255. The van der Waals surface area contributed by atoms with Crippen molar-refractivity contribution in [3.63, 3.8) is 0 Å². The first-order chi connectivity index (χ1) is 10.5. The predicted molar refractivity (Wildman–Crippen MR) is 82.7 cm³/mol. The third-order valence-corrected chi connectivity index (χ3v) is 3.16. The summed E-state index contributed by atoms with van der Waals surface area (Å²) in [7, 11) is 1.83. The van der Waals surface area contributed by atoms with Crippen LogP contribution in [0.4, 0.5) is 10.2 Å². The van der Waals surface area contributed by atoms with Crippen LogP contribution >= 0.6 is 0 Å². The van der Waals surface area contributed by atoms with Crippen molar-refractivity contribution in [2.24, 2.45) is 0 Å². The Hall–Kier alpha value is -1.35. The number of aliphatic hydroxyl groups is 3. The van der Waals surface area contributed by atoms with E-state index >= 15 is 0 Å². The Morgan fingerprint density at radius 3 is 2.41 bits per heavy atom. The lowest BCUT2D eigenvalue weighted by atomic mass is 9.97. The Bertz CT molecular complexity index is 411. The van der Waals surface area contributed by atoms with Gasteiger partial charge in [-0.25, -0.2) is 9.37 Å². The number of halogens is 1. The number of aliphatic hydroxyl groups excluding tert-OH is 3. The molecule has 8 heteroatoms. The molecule has 2 rings (SSSR count). The highest BCUT2D eigenvalue weighted by Gasteiger charge is 2.33. The van der Waals surface area contributed by atoms with Crippen molar-refractivity contribution < 1.29 is 19.7 Å². The minimum absolute atomic E-state index is 0.102. The van der Waals surface area contributed by atoms with E-state index in [1.54, 1.807) is 0 Å². The van der Waals surface area contributed by atoms with Crippen molar-refractivity contribution in [3.8, 4) is 0 Å². The van der Waals surface area contributed by atoms with Crippen LogP contribution in [0.2, 0.25) is 0 Å². The molecule has 0 saturated carbocycles. The van der Waals surface area contributed by atoms with Crippen molar-refractivity contribution in [2.75, 3.05) is 25.9 Å². The average Bonchev–Trinajstić information content (AvgIpc) is 2.54. The molecule has 0 radical (unpaired) electrons. The molecule has 1 aliphatic heterocycles. The molecule has 1 aliphatic rings. The van der Waals surface area contributed by atoms with Gasteiger partial charge < -0.3 is 21.1 Å². The molecular weight excluding hydrogens is 291 g/mol. The summed E-state index contributed by atoms with van der Waals surface area (Å²) in [6.07, 6.45) is 1.81. The zero-order valence-corrected chi connectivity index (χ0v) is 13.4. The maximum atomic E-state index is 11.7. The van der Waals surface area contributed by atoms with Gasteiger partial charge in [0.1, 0.15) is 12.5 Å². The monoisotopic (exact) mass is 318 g/mol. The Labute approximate surface area is 130 Å². The SMILES string of the molecule is CC.CN1CCC(O)C(O)C1CO.Nc1cncc(CF)n1. The van der Waals surface area contributed by atoms with Crippen molar-refractivity contribution in [3.05, 3.63) is 18.1 Å². The molecular formula is C14H27FN4O3. The van der Waals surface area contributed by atoms with Crippen LogP contribution in [0.3, 0.4) is 0 Å². The minimum atomic E-state index is -0.807. The van der Waals surface area contributed by atoms with E-state index in [1.807, 2.05) is 25.8 Å². The molecule has 1 fully saturated rings. The second kappa shape index (κ2) is 11.2. The molecule has 5 N–H and O–H groups in total. The van der Waals surface area contributed by atoms with E-state index in [2.05, 4.69) is 9.97 Å². The summed E-state index contributed by atoms with van der Waals surface area (Å²) in [4.78, 5) is 9.12. The number of hydrogen-bond donors (Lipinski definition) is 4. The summed E-state index contributed by atoms with van der Waals surface area (Å²) in [5.41, 5.74) is 5.47. The number of aromatic nitrogens is 2. The van der Waals surface area contributed by atoms with Gasteiger partial charge in [-0.15, -0.1) is 0 Å². The molecule has 128 valence electrons. The maximum absolute atomic E-state index is 11.7. The van der Waals surface area contributed by atoms with Gasteiger partial charge in [-0.3, -0.25) is 9.88 Å². The van der Waals surface area contributed by atoms with Crippen LogP contribution in [0.1, 0.15) is 26.0 Å². The van der Waals surface area contributed by atoms with E-state index < -0.39 is 18.9 Å². The van der Waals surface area contributed by atoms with E-state index in [0.717, 1.165) is 6.54 Å². The number of rotatable bonds is 2. The van der Waals surface area contributed by atoms with Gasteiger partial charge in [-0.05, 0) is 13.5 Å². The van der Waals surface area contributed by atoms with E-state index in [-0.39, 0.29) is 24.2 Å². The first kappa shape index (κ1) is 20.6. The van der Waals surface area contributed by atoms with Gasteiger partial charge in [-0.2, -0.15) is 0 Å². The predicted octanol–water partition coefficient (Wildman–Crippen LogP) is -0.0409. The lowest BCUT2D eigenvalue weighted by Gasteiger charge is -2.38. The molecule has 0 aliphatic carbocycles. The standard InChI is InChI=1S/C7H15NO3.C5H6FN3.C2H6/c1-8-3-2-6(10)7(11)5(8)4-9;6-1-4-2-8-3-5(7)9-4;1-2/h5-7,9-11H,2-4H2,1H3;2-3H,1H2,(H2,7,9);1-2H3. The van der Waals surface area contributed by atoms with Crippen molar-refractivity contribution in [1.82, 2.24) is 14.9 Å². The van der Waals surface area contributed by atoms with Crippen molar-refractivity contribution in [2.45, 2.75) is 45.2 Å². The van der Waals surface area contributed by atoms with Gasteiger partial charge in [0.2, 0.25) is 0 Å². The van der Waals surface area contributed by atoms with Crippen LogP contribution < -0.4 is 5.73 Å². The first-order valence-electron chi connectivity index (χ1n) is 7.29. The number of likely N-dealkylation sites (N-methyl/N-ethyl adjacent to an activating group) is 1. The molecule has 0 amide bonds. The number of nitrogens with two attached hydrogens (primary N) is 1. The first-order valence-corrected chi connectivity index (χ1v) is 7.29. The number of nitrogen functional groups attached to an aromatic ring is 1. The van der Waals surface area contributed by atoms with Gasteiger partial charge in [0.25, 0.3) is 0 Å². The van der Waals surface area contributed by atoms with Gasteiger partial charge in [-0.1, -0.05) is 13.8 Å². The molecule has 0 bridgehead atoms. The van der Waals surface area contributed by atoms with Gasteiger partial charge in [0.05, 0.1) is 42.9 Å². The molecule has 3 atom stereocenters. The van der Waals surface area contributed by atoms with E-state index in [9.17, 15) is 14.6 Å². The zero-order chi connectivity index (χ0) is 17.1. The molecule has 7 nitrogen and oxygen atoms in total. The van der Waals surface area contributed by atoms with Gasteiger partial charge in [0, 0.05) is 6.54 Å². The van der Waals surface area contributed by atoms with E-state index in [0.29, 0.717) is 6.42 Å². The summed E-state index contributed by atoms with van der Waals surface area (Å²) >= 11 is 0. The molecule has 3 unspecified atom stereocenters. The van der Waals surface area contributed by atoms with Crippen LogP contribution in [0.15, 0.2) is 12.4 Å². The van der Waals surface area contributed by atoms with Crippen LogP contribution in [-0.4, -0.2) is 68.6 Å². The molecule has 1 saturated heterocycles. The van der Waals surface area contributed by atoms with Gasteiger partial charge in [0.15, 0.2) is 0 Å². The number of piperidine rings is 1. The Kier molecular flexibility index (Phi) is 10.6. The largest absolute Gasteiger partial charge is 0.395 e. The third-order valence-electron chi connectivity index (χ3n) is 3.16. The number of likely N-dealkylation sites (tertiary alicyclic amines) is 1. The van der Waals surface area contributed by atoms with Gasteiger partial charge >= 0.3 is 0 Å². The van der Waals surface area contributed by atoms with Crippen LogP contribution in [-0.2, 0) is 6.67 Å². The molecule has 0 spiro atoms. The van der Waals surface area contributed by atoms with Crippen molar-refractivity contribution in [1.29, 1.82) is 0 Å². The second-order valence-electron chi connectivity index (χ2n) is 4.65. The highest BCUT2D eigenvalue weighted by Crippen LogP contribution is 2.15. The van der Waals surface area contributed by atoms with Crippen LogP contribution in [0, 0.1) is 0 Å². The number of hydrogen-bond acceptors (Lipinski definition) is 7. The fraction of sp³-hybridized carbons (Fsp3) is 0.714. The average molecular weight is 318 g/mol. The molecule has 2 heterocycles. The maximum Gasteiger partial charge on any atom is 0.142 e. The molecule has 1 aromatic rings. The fourth-order valence-corrected chi connectivity index (χ4v) is 1.92. The van der Waals surface area contributed by atoms with Crippen molar-refractivity contribution >= 4 is 5.82 Å².